The van der Waals surface area contributed by atoms with E-state index in [4.69, 9.17) is 0 Å². The van der Waals surface area contributed by atoms with Crippen LogP contribution in [-0.2, 0) is 5.41 Å². The molecule has 1 heterocycles. The zero-order valence-electron chi connectivity index (χ0n) is 11.7. The van der Waals surface area contributed by atoms with Crippen LogP contribution in [0.25, 0.3) is 0 Å². The van der Waals surface area contributed by atoms with E-state index >= 15 is 0 Å². The van der Waals surface area contributed by atoms with Crippen LogP contribution in [0, 0.1) is 6.92 Å². The molecule has 102 valence electrons. The number of aryl methyl sites for hydroxylation is 1. The number of rotatable bonds is 2. The highest BCUT2D eigenvalue weighted by atomic mass is 79.9. The highest BCUT2D eigenvalue weighted by Crippen LogP contribution is 2.35. The topological polar surface area (TPSA) is 20.2 Å². The first-order valence-corrected chi connectivity index (χ1v) is 7.94. The third-order valence-electron chi connectivity index (χ3n) is 3.13. The maximum absolute atomic E-state index is 10.5. The lowest BCUT2D eigenvalue weighted by Gasteiger charge is -2.16. The molecule has 0 aliphatic carbocycles. The summed E-state index contributed by atoms with van der Waals surface area (Å²) < 4.78 is 1.07. The number of hydrogen-bond donors (Lipinski definition) is 1. The highest BCUT2D eigenvalue weighted by Gasteiger charge is 2.19. The molecule has 3 heteroatoms. The molecule has 0 amide bonds. The summed E-state index contributed by atoms with van der Waals surface area (Å²) in [4.78, 5) is 2.31. The van der Waals surface area contributed by atoms with E-state index in [-0.39, 0.29) is 5.41 Å². The van der Waals surface area contributed by atoms with Gasteiger partial charge < -0.3 is 5.11 Å². The lowest BCUT2D eigenvalue weighted by molar-refractivity contribution is 0.224. The Morgan fingerprint density at radius 1 is 1.16 bits per heavy atom. The molecule has 1 N–H and O–H groups in total. The average Bonchev–Trinajstić information content (AvgIpc) is 2.81. The minimum atomic E-state index is -0.534. The third kappa shape index (κ3) is 3.28. The Labute approximate surface area is 127 Å². The number of halogens is 1. The standard InChI is InChI=1S/C16H19BrOS/c1-10-9-11(5-6-12(10)17)15(18)13-7-8-14(19-13)16(2,3)4/h5-9,15,18H,1-4H3. The van der Waals surface area contributed by atoms with Crippen molar-refractivity contribution in [2.75, 3.05) is 0 Å². The van der Waals surface area contributed by atoms with Crippen LogP contribution < -0.4 is 0 Å². The van der Waals surface area contributed by atoms with Gasteiger partial charge in [0.15, 0.2) is 0 Å². The van der Waals surface area contributed by atoms with Crippen molar-refractivity contribution in [1.82, 2.24) is 0 Å². The van der Waals surface area contributed by atoms with Crippen LogP contribution in [0.4, 0.5) is 0 Å². The molecule has 1 nitrogen and oxygen atoms in total. The summed E-state index contributed by atoms with van der Waals surface area (Å²) in [6.07, 6.45) is -0.534. The van der Waals surface area contributed by atoms with Gasteiger partial charge in [0, 0.05) is 14.2 Å². The monoisotopic (exact) mass is 338 g/mol. The van der Waals surface area contributed by atoms with Crippen molar-refractivity contribution < 1.29 is 5.11 Å². The van der Waals surface area contributed by atoms with Crippen molar-refractivity contribution in [3.8, 4) is 0 Å². The van der Waals surface area contributed by atoms with Crippen LogP contribution in [0.2, 0.25) is 0 Å². The van der Waals surface area contributed by atoms with Gasteiger partial charge in [0.1, 0.15) is 6.10 Å². The first-order chi connectivity index (χ1) is 8.79. The van der Waals surface area contributed by atoms with Crippen LogP contribution in [0.15, 0.2) is 34.8 Å². The molecule has 0 radical (unpaired) electrons. The summed E-state index contributed by atoms with van der Waals surface area (Å²) in [5.41, 5.74) is 2.23. The van der Waals surface area contributed by atoms with Gasteiger partial charge in [-0.1, -0.05) is 48.8 Å². The van der Waals surface area contributed by atoms with E-state index in [0.29, 0.717) is 0 Å². The predicted octanol–water partition coefficient (Wildman–Crippen LogP) is 5.20. The van der Waals surface area contributed by atoms with E-state index in [1.165, 1.54) is 4.88 Å². The molecule has 0 aliphatic heterocycles. The summed E-state index contributed by atoms with van der Waals surface area (Å²) in [5.74, 6) is 0. The van der Waals surface area contributed by atoms with Crippen molar-refractivity contribution in [3.63, 3.8) is 0 Å². The van der Waals surface area contributed by atoms with E-state index in [2.05, 4.69) is 42.8 Å². The fourth-order valence-electron chi connectivity index (χ4n) is 1.91. The first-order valence-electron chi connectivity index (χ1n) is 6.33. The number of thiophene rings is 1. The molecule has 0 saturated heterocycles. The Morgan fingerprint density at radius 3 is 2.37 bits per heavy atom. The fraction of sp³-hybridized carbons (Fsp3) is 0.375. The Morgan fingerprint density at radius 2 is 1.84 bits per heavy atom. The van der Waals surface area contributed by atoms with E-state index in [1.54, 1.807) is 11.3 Å². The summed E-state index contributed by atoms with van der Waals surface area (Å²) in [6, 6.07) is 10.2. The van der Waals surface area contributed by atoms with Gasteiger partial charge in [0.25, 0.3) is 0 Å². The summed E-state index contributed by atoms with van der Waals surface area (Å²) in [5, 5.41) is 10.5. The molecule has 0 fully saturated rings. The highest BCUT2D eigenvalue weighted by molar-refractivity contribution is 9.10. The number of aliphatic hydroxyl groups is 1. The molecular formula is C16H19BrOS. The number of hydrogen-bond acceptors (Lipinski definition) is 2. The largest absolute Gasteiger partial charge is 0.383 e. The lowest BCUT2D eigenvalue weighted by atomic mass is 9.95. The van der Waals surface area contributed by atoms with Gasteiger partial charge in [-0.3, -0.25) is 0 Å². The summed E-state index contributed by atoms with van der Waals surface area (Å²) in [7, 11) is 0. The van der Waals surface area contributed by atoms with Crippen LogP contribution in [0.1, 0.15) is 47.8 Å². The molecule has 1 atom stereocenters. The second-order valence-electron chi connectivity index (χ2n) is 5.86. The van der Waals surface area contributed by atoms with Gasteiger partial charge in [0.2, 0.25) is 0 Å². The van der Waals surface area contributed by atoms with Gasteiger partial charge in [0.05, 0.1) is 0 Å². The van der Waals surface area contributed by atoms with Gasteiger partial charge >= 0.3 is 0 Å². The molecule has 1 aromatic carbocycles. The van der Waals surface area contributed by atoms with Crippen molar-refractivity contribution in [2.45, 2.75) is 39.2 Å². The molecule has 1 unspecified atom stereocenters. The van der Waals surface area contributed by atoms with Crippen molar-refractivity contribution in [3.05, 3.63) is 55.7 Å². The third-order valence-corrected chi connectivity index (χ3v) is 5.59. The molecule has 2 rings (SSSR count). The van der Waals surface area contributed by atoms with Crippen LogP contribution in [0.3, 0.4) is 0 Å². The van der Waals surface area contributed by atoms with Gasteiger partial charge in [-0.15, -0.1) is 11.3 Å². The Kier molecular flexibility index (Phi) is 4.19. The molecule has 0 bridgehead atoms. The minimum Gasteiger partial charge on any atom is -0.383 e. The van der Waals surface area contributed by atoms with E-state index in [1.807, 2.05) is 31.2 Å². The second kappa shape index (κ2) is 5.39. The minimum absolute atomic E-state index is 0.137. The van der Waals surface area contributed by atoms with Crippen molar-refractivity contribution in [1.29, 1.82) is 0 Å². The maximum atomic E-state index is 10.5. The first kappa shape index (κ1) is 14.8. The van der Waals surface area contributed by atoms with E-state index in [9.17, 15) is 5.11 Å². The molecule has 19 heavy (non-hydrogen) atoms. The fourth-order valence-corrected chi connectivity index (χ4v) is 3.23. The normalized spacial score (nSPS) is 13.6. The molecule has 1 aromatic heterocycles. The zero-order chi connectivity index (χ0) is 14.2. The average molecular weight is 339 g/mol. The molecule has 0 spiro atoms. The summed E-state index contributed by atoms with van der Waals surface area (Å²) >= 11 is 5.18. The van der Waals surface area contributed by atoms with E-state index in [0.717, 1.165) is 20.5 Å². The quantitative estimate of drug-likeness (QED) is 0.797. The molecule has 0 saturated carbocycles. The Bertz CT molecular complexity index is 581. The van der Waals surface area contributed by atoms with Gasteiger partial charge in [-0.25, -0.2) is 0 Å². The molecule has 2 aromatic rings. The van der Waals surface area contributed by atoms with Crippen LogP contribution in [-0.4, -0.2) is 5.11 Å². The number of aliphatic hydroxyl groups excluding tert-OH is 1. The maximum Gasteiger partial charge on any atom is 0.113 e. The van der Waals surface area contributed by atoms with Crippen molar-refractivity contribution >= 4 is 27.3 Å². The number of benzene rings is 1. The zero-order valence-corrected chi connectivity index (χ0v) is 14.1. The SMILES string of the molecule is Cc1cc(C(O)c2ccc(C(C)(C)C)s2)ccc1Br. The van der Waals surface area contributed by atoms with E-state index < -0.39 is 6.10 Å². The van der Waals surface area contributed by atoms with Crippen molar-refractivity contribution in [2.24, 2.45) is 0 Å². The van der Waals surface area contributed by atoms with Crippen LogP contribution in [0.5, 0.6) is 0 Å². The Balaban J connectivity index is 2.31. The smallest absolute Gasteiger partial charge is 0.113 e. The second-order valence-corrected chi connectivity index (χ2v) is 7.83. The van der Waals surface area contributed by atoms with Crippen LogP contribution >= 0.6 is 27.3 Å². The predicted molar refractivity (Wildman–Crippen MR) is 86.0 cm³/mol. The summed E-state index contributed by atoms with van der Waals surface area (Å²) in [6.45, 7) is 8.62. The van der Waals surface area contributed by atoms with Gasteiger partial charge in [-0.05, 0) is 41.7 Å². The molecular weight excluding hydrogens is 320 g/mol. The lowest BCUT2D eigenvalue weighted by Crippen LogP contribution is -2.07. The Hall–Kier alpha value is -0.640. The molecule has 0 aliphatic rings. The van der Waals surface area contributed by atoms with Gasteiger partial charge in [-0.2, -0.15) is 0 Å².